The van der Waals surface area contributed by atoms with Crippen LogP contribution in [0.2, 0.25) is 0 Å². The molecular formula is C11H10N2OS. The smallest absolute Gasteiger partial charge is 0.267 e. The van der Waals surface area contributed by atoms with Crippen molar-refractivity contribution in [1.29, 1.82) is 0 Å². The number of pyridine rings is 1. The lowest BCUT2D eigenvalue weighted by Gasteiger charge is -1.99. The molecule has 0 amide bonds. The lowest BCUT2D eigenvalue weighted by molar-refractivity contribution is 1.15. The molecule has 0 atom stereocenters. The topological polar surface area (TPSA) is 42.9 Å². The van der Waals surface area contributed by atoms with Gasteiger partial charge in [0.25, 0.3) is 5.56 Å². The van der Waals surface area contributed by atoms with Crippen LogP contribution < -0.4 is 5.56 Å². The molecule has 4 heteroatoms. The Labute approximate surface area is 91.5 Å². The van der Waals surface area contributed by atoms with Crippen LogP contribution in [0, 0.1) is 0 Å². The Morgan fingerprint density at radius 2 is 2.33 bits per heavy atom. The van der Waals surface area contributed by atoms with E-state index in [1.54, 1.807) is 18.5 Å². The van der Waals surface area contributed by atoms with Gasteiger partial charge in [-0.1, -0.05) is 6.92 Å². The molecule has 2 rings (SSSR count). The average molecular weight is 218 g/mol. The molecule has 0 aliphatic carbocycles. The Kier molecular flexibility index (Phi) is 2.87. The van der Waals surface area contributed by atoms with Crippen LogP contribution in [0.25, 0.3) is 10.6 Å². The van der Waals surface area contributed by atoms with E-state index in [1.807, 2.05) is 19.1 Å². The van der Waals surface area contributed by atoms with E-state index in [-0.39, 0.29) is 5.56 Å². The fraction of sp³-hybridized carbons (Fsp3) is 0.182. The van der Waals surface area contributed by atoms with Crippen molar-refractivity contribution in [2.75, 3.05) is 0 Å². The highest BCUT2D eigenvalue weighted by Gasteiger charge is 2.03. The minimum Gasteiger partial charge on any atom is -0.267 e. The van der Waals surface area contributed by atoms with Gasteiger partial charge in [-0.3, -0.25) is 9.78 Å². The van der Waals surface area contributed by atoms with Gasteiger partial charge >= 0.3 is 0 Å². The second-order valence-corrected chi connectivity index (χ2v) is 4.18. The van der Waals surface area contributed by atoms with Crippen LogP contribution in [-0.4, -0.2) is 9.97 Å². The van der Waals surface area contributed by atoms with Gasteiger partial charge in [0.15, 0.2) is 0 Å². The van der Waals surface area contributed by atoms with Crippen LogP contribution in [0.5, 0.6) is 0 Å². The van der Waals surface area contributed by atoms with E-state index < -0.39 is 0 Å². The quantitative estimate of drug-likeness (QED) is 0.775. The van der Waals surface area contributed by atoms with E-state index in [1.165, 1.54) is 11.3 Å². The highest BCUT2D eigenvalue weighted by atomic mass is 32.1. The maximum absolute atomic E-state index is 11.3. The standard InChI is InChI=1S/C11H10N2OS/c1-2-9-6-10(14)13-11(15-9)8-4-3-5-12-7-8/h3-7H,2H2,1H3. The summed E-state index contributed by atoms with van der Waals surface area (Å²) < 4.78 is 0. The Morgan fingerprint density at radius 3 is 3.00 bits per heavy atom. The van der Waals surface area contributed by atoms with E-state index in [4.69, 9.17) is 0 Å². The van der Waals surface area contributed by atoms with Crippen LogP contribution in [0.4, 0.5) is 0 Å². The van der Waals surface area contributed by atoms with Gasteiger partial charge in [0.05, 0.1) is 0 Å². The molecule has 0 radical (unpaired) electrons. The maximum Gasteiger partial charge on any atom is 0.272 e. The van der Waals surface area contributed by atoms with E-state index >= 15 is 0 Å². The van der Waals surface area contributed by atoms with Gasteiger partial charge in [-0.25, -0.2) is 0 Å². The predicted octanol–water partition coefficient (Wildman–Crippen LogP) is 2.13. The van der Waals surface area contributed by atoms with E-state index in [2.05, 4.69) is 9.97 Å². The minimum absolute atomic E-state index is 0.176. The summed E-state index contributed by atoms with van der Waals surface area (Å²) in [6, 6.07) is 5.34. The van der Waals surface area contributed by atoms with Crippen LogP contribution in [0.1, 0.15) is 11.8 Å². The van der Waals surface area contributed by atoms with Gasteiger partial charge in [-0.05, 0) is 18.6 Å². The van der Waals surface area contributed by atoms with Crippen molar-refractivity contribution < 1.29 is 0 Å². The number of hydrogen-bond acceptors (Lipinski definition) is 4. The third-order valence-corrected chi connectivity index (χ3v) is 3.17. The predicted molar refractivity (Wildman–Crippen MR) is 61.0 cm³/mol. The summed E-state index contributed by atoms with van der Waals surface area (Å²) >= 11 is 1.54. The van der Waals surface area contributed by atoms with Crippen molar-refractivity contribution in [1.82, 2.24) is 9.97 Å². The molecule has 0 bridgehead atoms. The van der Waals surface area contributed by atoms with Gasteiger partial charge in [-0.2, -0.15) is 4.98 Å². The monoisotopic (exact) mass is 218 g/mol. The molecule has 0 fully saturated rings. The summed E-state index contributed by atoms with van der Waals surface area (Å²) in [5, 5.41) is 0.743. The second-order valence-electron chi connectivity index (χ2n) is 3.06. The third-order valence-electron chi connectivity index (χ3n) is 1.98. The van der Waals surface area contributed by atoms with Crippen LogP contribution in [0.3, 0.4) is 0 Å². The summed E-state index contributed by atoms with van der Waals surface area (Å²) in [6.45, 7) is 2.03. The third kappa shape index (κ3) is 2.27. The fourth-order valence-electron chi connectivity index (χ4n) is 1.23. The number of hydrogen-bond donors (Lipinski definition) is 0. The summed E-state index contributed by atoms with van der Waals surface area (Å²) in [5.74, 6) is 0. The van der Waals surface area contributed by atoms with Gasteiger partial charge in [0.1, 0.15) is 5.01 Å². The van der Waals surface area contributed by atoms with Crippen LogP contribution in [0.15, 0.2) is 35.4 Å². The van der Waals surface area contributed by atoms with Crippen molar-refractivity contribution in [2.45, 2.75) is 13.3 Å². The molecule has 2 aromatic heterocycles. The molecule has 2 heterocycles. The zero-order valence-electron chi connectivity index (χ0n) is 8.30. The largest absolute Gasteiger partial charge is 0.272 e. The maximum atomic E-state index is 11.3. The van der Waals surface area contributed by atoms with Crippen molar-refractivity contribution in [3.8, 4) is 10.6 Å². The first-order valence-electron chi connectivity index (χ1n) is 4.71. The Balaban J connectivity index is 2.54. The number of nitrogens with zero attached hydrogens (tertiary/aromatic N) is 2. The lowest BCUT2D eigenvalue weighted by atomic mass is 10.3. The Bertz CT molecular complexity index is 507. The molecule has 0 unspecified atom stereocenters. The first-order chi connectivity index (χ1) is 7.29. The average Bonchev–Trinajstić information content (AvgIpc) is 2.29. The van der Waals surface area contributed by atoms with Gasteiger partial charge in [-0.15, -0.1) is 11.3 Å². The molecular weight excluding hydrogens is 208 g/mol. The number of aryl methyl sites for hydroxylation is 1. The fourth-order valence-corrected chi connectivity index (χ4v) is 2.16. The SMILES string of the molecule is CCc1cc(=O)nc(-c2cccnc2)s1. The summed E-state index contributed by atoms with van der Waals surface area (Å²) in [6.07, 6.45) is 4.28. The Morgan fingerprint density at radius 1 is 1.47 bits per heavy atom. The number of aromatic nitrogens is 2. The zero-order valence-corrected chi connectivity index (χ0v) is 9.12. The summed E-state index contributed by atoms with van der Waals surface area (Å²) in [5.41, 5.74) is 0.722. The van der Waals surface area contributed by atoms with Gasteiger partial charge in [0, 0.05) is 28.9 Å². The molecule has 2 aromatic rings. The molecule has 0 saturated carbocycles. The molecule has 15 heavy (non-hydrogen) atoms. The molecule has 0 aliphatic heterocycles. The first-order valence-corrected chi connectivity index (χ1v) is 5.52. The van der Waals surface area contributed by atoms with E-state index in [0.717, 1.165) is 21.9 Å². The highest BCUT2D eigenvalue weighted by molar-refractivity contribution is 7.14. The van der Waals surface area contributed by atoms with Crippen LogP contribution in [-0.2, 0) is 6.42 Å². The van der Waals surface area contributed by atoms with Gasteiger partial charge in [0.2, 0.25) is 0 Å². The van der Waals surface area contributed by atoms with Crippen molar-refractivity contribution in [3.63, 3.8) is 0 Å². The van der Waals surface area contributed by atoms with Gasteiger partial charge < -0.3 is 0 Å². The zero-order chi connectivity index (χ0) is 10.7. The molecule has 0 spiro atoms. The van der Waals surface area contributed by atoms with Crippen LogP contribution >= 0.6 is 11.3 Å². The molecule has 0 saturated heterocycles. The molecule has 76 valence electrons. The summed E-state index contributed by atoms with van der Waals surface area (Å²) in [7, 11) is 0. The molecule has 0 aliphatic rings. The summed E-state index contributed by atoms with van der Waals surface area (Å²) in [4.78, 5) is 20.4. The van der Waals surface area contributed by atoms with E-state index in [9.17, 15) is 4.79 Å². The first kappa shape index (κ1) is 9.98. The second kappa shape index (κ2) is 4.31. The van der Waals surface area contributed by atoms with E-state index in [0.29, 0.717) is 0 Å². The Hall–Kier alpha value is -1.55. The minimum atomic E-state index is -0.176. The normalized spacial score (nSPS) is 10.2. The molecule has 3 nitrogen and oxygen atoms in total. The van der Waals surface area contributed by atoms with Crippen molar-refractivity contribution in [2.24, 2.45) is 0 Å². The lowest BCUT2D eigenvalue weighted by Crippen LogP contribution is -2.05. The molecule has 0 N–H and O–H groups in total. The number of rotatable bonds is 2. The van der Waals surface area contributed by atoms with Crippen molar-refractivity contribution >= 4 is 11.3 Å². The molecule has 0 aromatic carbocycles. The van der Waals surface area contributed by atoms with Crippen molar-refractivity contribution in [3.05, 3.63) is 45.8 Å². The highest BCUT2D eigenvalue weighted by Crippen LogP contribution is 2.21.